The van der Waals surface area contributed by atoms with Crippen molar-refractivity contribution in [2.45, 2.75) is 13.5 Å². The van der Waals surface area contributed by atoms with Crippen LogP contribution in [0.25, 0.3) is 5.65 Å². The topological polar surface area (TPSA) is 38.6 Å². The van der Waals surface area contributed by atoms with Crippen LogP contribution >= 0.6 is 22.6 Å². The first kappa shape index (κ1) is 14.3. The average molecular weight is 393 g/mol. The lowest BCUT2D eigenvalue weighted by molar-refractivity contribution is 0.456. The minimum absolute atomic E-state index is 0.656. The first-order valence-electron chi connectivity index (χ1n) is 6.88. The van der Waals surface area contributed by atoms with Gasteiger partial charge in [-0.3, -0.25) is 4.40 Å². The van der Waals surface area contributed by atoms with Gasteiger partial charge in [0.2, 0.25) is 5.88 Å². The van der Waals surface area contributed by atoms with Gasteiger partial charge in [0, 0.05) is 16.3 Å². The van der Waals surface area contributed by atoms with E-state index in [-0.39, 0.29) is 0 Å². The lowest BCUT2D eigenvalue weighted by atomic mass is 10.3. The molecule has 0 atom stereocenters. The molecule has 108 valence electrons. The lowest BCUT2D eigenvalue weighted by Gasteiger charge is -2.07. The number of fused-ring (bicyclic) bond motifs is 1. The summed E-state index contributed by atoms with van der Waals surface area (Å²) in [5.41, 5.74) is 1.93. The fraction of sp³-hybridized carbons (Fsp3) is 0.188. The Bertz CT molecular complexity index is 737. The van der Waals surface area contributed by atoms with Gasteiger partial charge in [-0.1, -0.05) is 13.0 Å². The van der Waals surface area contributed by atoms with Gasteiger partial charge in [0.15, 0.2) is 0 Å². The molecular formula is C16H16IN3O. The van der Waals surface area contributed by atoms with Crippen LogP contribution in [0.3, 0.4) is 0 Å². The molecule has 2 aromatic heterocycles. The largest absolute Gasteiger partial charge is 0.437 e. The van der Waals surface area contributed by atoms with Crippen LogP contribution in [-0.2, 0) is 6.54 Å². The molecule has 0 saturated heterocycles. The molecule has 0 unspecified atom stereocenters. The van der Waals surface area contributed by atoms with Gasteiger partial charge in [-0.05, 0) is 65.5 Å². The molecule has 2 heterocycles. The second-order valence-corrected chi connectivity index (χ2v) is 5.87. The van der Waals surface area contributed by atoms with E-state index in [9.17, 15) is 0 Å². The zero-order valence-electron chi connectivity index (χ0n) is 11.7. The summed E-state index contributed by atoms with van der Waals surface area (Å²) in [6, 6.07) is 13.9. The van der Waals surface area contributed by atoms with Crippen LogP contribution in [-0.4, -0.2) is 15.9 Å². The minimum Gasteiger partial charge on any atom is -0.437 e. The Morgan fingerprint density at radius 1 is 1.19 bits per heavy atom. The maximum atomic E-state index is 5.97. The van der Waals surface area contributed by atoms with Crippen molar-refractivity contribution in [1.29, 1.82) is 0 Å². The number of benzene rings is 1. The van der Waals surface area contributed by atoms with Crippen LogP contribution in [0.4, 0.5) is 0 Å². The van der Waals surface area contributed by atoms with Gasteiger partial charge in [0.25, 0.3) is 0 Å². The predicted octanol–water partition coefficient (Wildman–Crippen LogP) is 3.84. The molecule has 0 aliphatic rings. The van der Waals surface area contributed by atoms with Crippen LogP contribution < -0.4 is 10.1 Å². The maximum absolute atomic E-state index is 5.97. The van der Waals surface area contributed by atoms with Crippen molar-refractivity contribution in [3.8, 4) is 11.6 Å². The average Bonchev–Trinajstić information content (AvgIpc) is 2.85. The fourth-order valence-electron chi connectivity index (χ4n) is 2.13. The molecule has 4 nitrogen and oxygen atoms in total. The second kappa shape index (κ2) is 6.44. The number of hydrogen-bond acceptors (Lipinski definition) is 3. The van der Waals surface area contributed by atoms with E-state index in [4.69, 9.17) is 4.74 Å². The van der Waals surface area contributed by atoms with Crippen LogP contribution in [0.15, 0.2) is 48.7 Å². The number of rotatable bonds is 5. The number of ether oxygens (including phenoxy) is 1. The Morgan fingerprint density at radius 3 is 2.76 bits per heavy atom. The Morgan fingerprint density at radius 2 is 2.00 bits per heavy atom. The van der Waals surface area contributed by atoms with Crippen molar-refractivity contribution in [3.63, 3.8) is 0 Å². The van der Waals surface area contributed by atoms with E-state index in [0.717, 1.165) is 30.2 Å². The molecule has 1 aromatic carbocycles. The summed E-state index contributed by atoms with van der Waals surface area (Å²) in [4.78, 5) is 4.58. The van der Waals surface area contributed by atoms with Crippen molar-refractivity contribution in [1.82, 2.24) is 14.7 Å². The third-order valence-corrected chi connectivity index (χ3v) is 3.88. The van der Waals surface area contributed by atoms with E-state index in [2.05, 4.69) is 44.2 Å². The Balaban J connectivity index is 1.97. The summed E-state index contributed by atoms with van der Waals surface area (Å²) in [5, 5.41) is 3.34. The molecule has 0 saturated carbocycles. The number of imidazole rings is 1. The standard InChI is InChI=1S/C16H16IN3O/c1-2-18-11-14-16(19-15-5-3-4-10-20(14)15)21-13-8-6-12(17)7-9-13/h3-10,18H,2,11H2,1H3. The highest BCUT2D eigenvalue weighted by molar-refractivity contribution is 14.1. The summed E-state index contributed by atoms with van der Waals surface area (Å²) in [7, 11) is 0. The summed E-state index contributed by atoms with van der Waals surface area (Å²) in [6.45, 7) is 3.72. The first-order chi connectivity index (χ1) is 10.3. The second-order valence-electron chi connectivity index (χ2n) is 4.63. The quantitative estimate of drug-likeness (QED) is 0.670. The maximum Gasteiger partial charge on any atom is 0.242 e. The molecule has 0 amide bonds. The summed E-state index contributed by atoms with van der Waals surface area (Å²) in [5.74, 6) is 1.46. The summed E-state index contributed by atoms with van der Waals surface area (Å²) in [6.07, 6.45) is 2.01. The SMILES string of the molecule is CCNCc1c(Oc2ccc(I)cc2)nc2ccccn12. The van der Waals surface area contributed by atoms with Crippen LogP contribution in [0.1, 0.15) is 12.6 Å². The van der Waals surface area contributed by atoms with Crippen molar-refractivity contribution < 1.29 is 4.74 Å². The fourth-order valence-corrected chi connectivity index (χ4v) is 2.48. The number of aromatic nitrogens is 2. The third-order valence-electron chi connectivity index (χ3n) is 3.16. The van der Waals surface area contributed by atoms with Gasteiger partial charge in [0.1, 0.15) is 17.1 Å². The molecule has 3 rings (SSSR count). The van der Waals surface area contributed by atoms with E-state index in [1.165, 1.54) is 3.57 Å². The van der Waals surface area contributed by atoms with E-state index >= 15 is 0 Å². The van der Waals surface area contributed by atoms with Gasteiger partial charge < -0.3 is 10.1 Å². The van der Waals surface area contributed by atoms with Gasteiger partial charge in [-0.25, -0.2) is 0 Å². The molecule has 0 radical (unpaired) electrons. The van der Waals surface area contributed by atoms with Gasteiger partial charge in [-0.15, -0.1) is 0 Å². The van der Waals surface area contributed by atoms with E-state index in [1.807, 2.05) is 48.7 Å². The van der Waals surface area contributed by atoms with E-state index in [0.29, 0.717) is 5.88 Å². The van der Waals surface area contributed by atoms with Gasteiger partial charge in [-0.2, -0.15) is 4.98 Å². The van der Waals surface area contributed by atoms with Crippen molar-refractivity contribution in [2.24, 2.45) is 0 Å². The number of nitrogens with one attached hydrogen (secondary N) is 1. The third kappa shape index (κ3) is 3.19. The zero-order valence-corrected chi connectivity index (χ0v) is 13.9. The highest BCUT2D eigenvalue weighted by Crippen LogP contribution is 2.26. The monoisotopic (exact) mass is 393 g/mol. The number of pyridine rings is 1. The van der Waals surface area contributed by atoms with Gasteiger partial charge in [0.05, 0.1) is 0 Å². The van der Waals surface area contributed by atoms with Crippen LogP contribution in [0.2, 0.25) is 0 Å². The van der Waals surface area contributed by atoms with Crippen molar-refractivity contribution in [2.75, 3.05) is 6.54 Å². The van der Waals surface area contributed by atoms with Crippen LogP contribution in [0.5, 0.6) is 11.6 Å². The van der Waals surface area contributed by atoms with E-state index in [1.54, 1.807) is 0 Å². The van der Waals surface area contributed by atoms with Crippen molar-refractivity contribution in [3.05, 3.63) is 57.9 Å². The zero-order chi connectivity index (χ0) is 14.7. The summed E-state index contributed by atoms with van der Waals surface area (Å²) >= 11 is 2.28. The number of halogens is 1. The number of nitrogens with zero attached hydrogens (tertiary/aromatic N) is 2. The molecule has 1 N–H and O–H groups in total. The molecule has 21 heavy (non-hydrogen) atoms. The highest BCUT2D eigenvalue weighted by atomic mass is 127. The molecule has 0 aliphatic carbocycles. The molecule has 0 fully saturated rings. The Hall–Kier alpha value is -1.60. The summed E-state index contributed by atoms with van der Waals surface area (Å²) < 4.78 is 9.21. The predicted molar refractivity (Wildman–Crippen MR) is 91.8 cm³/mol. The molecule has 0 spiro atoms. The first-order valence-corrected chi connectivity index (χ1v) is 7.96. The molecular weight excluding hydrogens is 377 g/mol. The normalized spacial score (nSPS) is 11.0. The highest BCUT2D eigenvalue weighted by Gasteiger charge is 2.13. The van der Waals surface area contributed by atoms with Gasteiger partial charge >= 0.3 is 0 Å². The smallest absolute Gasteiger partial charge is 0.242 e. The Labute approximate surface area is 137 Å². The Kier molecular flexibility index (Phi) is 4.40. The molecule has 5 heteroatoms. The molecule has 0 bridgehead atoms. The minimum atomic E-state index is 0.656. The lowest BCUT2D eigenvalue weighted by Crippen LogP contribution is -2.14. The van der Waals surface area contributed by atoms with Crippen molar-refractivity contribution >= 4 is 28.2 Å². The number of hydrogen-bond donors (Lipinski definition) is 1. The van der Waals surface area contributed by atoms with E-state index < -0.39 is 0 Å². The molecule has 3 aromatic rings. The van der Waals surface area contributed by atoms with Crippen LogP contribution in [0, 0.1) is 3.57 Å². The molecule has 0 aliphatic heterocycles.